The molecule has 4 nitrogen and oxygen atoms in total. The molecule has 4 aliphatic rings. The predicted molar refractivity (Wildman–Crippen MR) is 149 cm³/mol. The number of ether oxygens (including phenoxy) is 2. The minimum Gasteiger partial charge on any atom is -0.466 e. The van der Waals surface area contributed by atoms with Gasteiger partial charge in [-0.2, -0.15) is 0 Å². The van der Waals surface area contributed by atoms with Crippen molar-refractivity contribution in [3.63, 3.8) is 0 Å². The van der Waals surface area contributed by atoms with Crippen molar-refractivity contribution in [3.05, 3.63) is 23.3 Å². The van der Waals surface area contributed by atoms with E-state index in [-0.39, 0.29) is 34.3 Å². The summed E-state index contributed by atoms with van der Waals surface area (Å²) in [5, 5.41) is 0. The molecule has 208 valence electrons. The van der Waals surface area contributed by atoms with Gasteiger partial charge in [0.05, 0.1) is 7.11 Å². The molecule has 0 radical (unpaired) electrons. The summed E-state index contributed by atoms with van der Waals surface area (Å²) in [7, 11) is 1.45. The minimum absolute atomic E-state index is 0.00900. The molecule has 37 heavy (non-hydrogen) atoms. The van der Waals surface area contributed by atoms with Gasteiger partial charge in [-0.1, -0.05) is 59.3 Å². The molecule has 0 aromatic heterocycles. The second kappa shape index (κ2) is 9.87. The zero-order valence-electron chi connectivity index (χ0n) is 25.0. The lowest BCUT2D eigenvalue weighted by Crippen LogP contribution is -2.58. The first-order valence-corrected chi connectivity index (χ1v) is 14.8. The second-order valence-corrected chi connectivity index (χ2v) is 14.3. The molecule has 0 N–H and O–H groups in total. The Labute approximate surface area is 226 Å². The van der Waals surface area contributed by atoms with Gasteiger partial charge in [-0.25, -0.2) is 4.79 Å². The quantitative estimate of drug-likeness (QED) is 0.205. The summed E-state index contributed by atoms with van der Waals surface area (Å²) < 4.78 is 10.7. The molecule has 3 fully saturated rings. The molecule has 4 aliphatic carbocycles. The SMILES string of the molecule is COC(=O)/C(C)=C\CC[C@H](C)[C@@H]1CC[C@]2(C)C3=CC[C@H]4C(C)(C)[C@H](OC(C)=O)CC[C@]4(C)[C@H]3CC[C@@]12C. The molecule has 0 bridgehead atoms. The van der Waals surface area contributed by atoms with Gasteiger partial charge in [0.25, 0.3) is 0 Å². The van der Waals surface area contributed by atoms with Gasteiger partial charge in [-0.05, 0) is 105 Å². The van der Waals surface area contributed by atoms with Crippen molar-refractivity contribution in [2.75, 3.05) is 7.11 Å². The number of esters is 2. The van der Waals surface area contributed by atoms with Gasteiger partial charge in [0.15, 0.2) is 0 Å². The Morgan fingerprint density at radius 2 is 1.76 bits per heavy atom. The molecule has 4 rings (SSSR count). The van der Waals surface area contributed by atoms with Crippen molar-refractivity contribution in [3.8, 4) is 0 Å². The van der Waals surface area contributed by atoms with E-state index >= 15 is 0 Å². The van der Waals surface area contributed by atoms with Crippen LogP contribution in [0.1, 0.15) is 113 Å². The first-order valence-electron chi connectivity index (χ1n) is 14.8. The van der Waals surface area contributed by atoms with Crippen LogP contribution >= 0.6 is 0 Å². The van der Waals surface area contributed by atoms with E-state index in [4.69, 9.17) is 9.47 Å². The van der Waals surface area contributed by atoms with Crippen molar-refractivity contribution in [1.82, 2.24) is 0 Å². The number of hydrogen-bond acceptors (Lipinski definition) is 4. The zero-order valence-corrected chi connectivity index (χ0v) is 25.0. The van der Waals surface area contributed by atoms with E-state index in [9.17, 15) is 9.59 Å². The average Bonchev–Trinajstić information content (AvgIpc) is 3.11. The van der Waals surface area contributed by atoms with Crippen LogP contribution < -0.4 is 0 Å². The molecule has 0 spiro atoms. The van der Waals surface area contributed by atoms with E-state index in [2.05, 4.69) is 53.7 Å². The van der Waals surface area contributed by atoms with E-state index in [0.717, 1.165) is 37.7 Å². The molecule has 8 atom stereocenters. The normalized spacial score (nSPS) is 41.5. The van der Waals surface area contributed by atoms with Crippen molar-refractivity contribution >= 4 is 11.9 Å². The summed E-state index contributed by atoms with van der Waals surface area (Å²) in [6.07, 6.45) is 15.2. The van der Waals surface area contributed by atoms with E-state index in [1.165, 1.54) is 32.8 Å². The third kappa shape index (κ3) is 4.42. The van der Waals surface area contributed by atoms with Crippen LogP contribution in [0.2, 0.25) is 0 Å². The molecule has 0 aromatic rings. The third-order valence-electron chi connectivity index (χ3n) is 12.4. The van der Waals surface area contributed by atoms with Crippen molar-refractivity contribution in [2.45, 2.75) is 119 Å². The first-order chi connectivity index (χ1) is 17.2. The van der Waals surface area contributed by atoms with Crippen molar-refractivity contribution in [2.24, 2.45) is 45.3 Å². The Hall–Kier alpha value is -1.58. The molecule has 0 aromatic carbocycles. The smallest absolute Gasteiger partial charge is 0.333 e. The van der Waals surface area contributed by atoms with E-state index in [0.29, 0.717) is 29.1 Å². The Balaban J connectivity index is 1.55. The Morgan fingerprint density at radius 1 is 1.05 bits per heavy atom. The van der Waals surface area contributed by atoms with Gasteiger partial charge in [-0.3, -0.25) is 4.79 Å². The van der Waals surface area contributed by atoms with E-state index < -0.39 is 0 Å². The summed E-state index contributed by atoms with van der Waals surface area (Å²) in [5.74, 6) is 2.18. The zero-order chi connectivity index (χ0) is 27.4. The van der Waals surface area contributed by atoms with Crippen LogP contribution in [0.25, 0.3) is 0 Å². The fourth-order valence-electron chi connectivity index (χ4n) is 10.1. The van der Waals surface area contributed by atoms with Crippen LogP contribution in [0.3, 0.4) is 0 Å². The topological polar surface area (TPSA) is 52.6 Å². The second-order valence-electron chi connectivity index (χ2n) is 14.3. The minimum atomic E-state index is -0.215. The largest absolute Gasteiger partial charge is 0.466 e. The number of carbonyl (C=O) groups excluding carboxylic acids is 2. The molecule has 0 heterocycles. The van der Waals surface area contributed by atoms with Gasteiger partial charge < -0.3 is 9.47 Å². The molecule has 0 saturated heterocycles. The van der Waals surface area contributed by atoms with Gasteiger partial charge in [-0.15, -0.1) is 0 Å². The summed E-state index contributed by atoms with van der Waals surface area (Å²) in [5.41, 5.74) is 3.33. The Bertz CT molecular complexity index is 975. The molecular formula is C33H52O4. The monoisotopic (exact) mass is 512 g/mol. The van der Waals surface area contributed by atoms with Crippen LogP contribution in [0, 0.1) is 45.3 Å². The van der Waals surface area contributed by atoms with Crippen molar-refractivity contribution < 1.29 is 19.1 Å². The van der Waals surface area contributed by atoms with Gasteiger partial charge in [0.2, 0.25) is 0 Å². The van der Waals surface area contributed by atoms with E-state index in [1.54, 1.807) is 12.5 Å². The average molecular weight is 513 g/mol. The maximum absolute atomic E-state index is 11.8. The lowest BCUT2D eigenvalue weighted by atomic mass is 9.41. The standard InChI is InChI=1S/C33H52O4/c1-21(11-10-12-22(2)29(35)36-9)24-15-19-33(8)26-13-14-27-30(4,5)28(37-23(3)34)17-18-31(27,6)25(26)16-20-32(24,33)7/h12-13,21,24-25,27-28H,10-11,14-20H2,1-9H3/b22-12-/t21-,24-,25-,27-,28+,31+,32-,33+/m0/s1. The number of carbonyl (C=O) groups is 2. The van der Waals surface area contributed by atoms with Crippen molar-refractivity contribution in [1.29, 1.82) is 0 Å². The molecule has 0 aliphatic heterocycles. The van der Waals surface area contributed by atoms with Gasteiger partial charge >= 0.3 is 11.9 Å². The summed E-state index contributed by atoms with van der Waals surface area (Å²) >= 11 is 0. The highest BCUT2D eigenvalue weighted by atomic mass is 16.5. The Morgan fingerprint density at radius 3 is 2.41 bits per heavy atom. The first kappa shape index (κ1) is 28.4. The maximum Gasteiger partial charge on any atom is 0.333 e. The van der Waals surface area contributed by atoms with Crippen LogP contribution in [0.4, 0.5) is 0 Å². The van der Waals surface area contributed by atoms with Crippen LogP contribution in [0.5, 0.6) is 0 Å². The van der Waals surface area contributed by atoms with E-state index in [1.807, 2.05) is 6.92 Å². The maximum atomic E-state index is 11.8. The number of rotatable bonds is 6. The lowest BCUT2D eigenvalue weighted by Gasteiger charge is -2.64. The van der Waals surface area contributed by atoms with Gasteiger partial charge in [0.1, 0.15) is 6.10 Å². The summed E-state index contributed by atoms with van der Waals surface area (Å²) in [4.78, 5) is 23.6. The highest BCUT2D eigenvalue weighted by molar-refractivity contribution is 5.87. The molecule has 4 heteroatoms. The highest BCUT2D eigenvalue weighted by Gasteiger charge is 2.65. The third-order valence-corrected chi connectivity index (χ3v) is 12.4. The van der Waals surface area contributed by atoms with Gasteiger partial charge in [0, 0.05) is 17.9 Å². The summed E-state index contributed by atoms with van der Waals surface area (Å²) in [6.45, 7) is 18.3. The molecular weight excluding hydrogens is 460 g/mol. The predicted octanol–water partition coefficient (Wildman–Crippen LogP) is 8.06. The van der Waals surface area contributed by atoms with Crippen LogP contribution in [0.15, 0.2) is 23.3 Å². The highest BCUT2D eigenvalue weighted by Crippen LogP contribution is 2.73. The fourth-order valence-corrected chi connectivity index (χ4v) is 10.1. The fraction of sp³-hybridized carbons (Fsp3) is 0.818. The summed E-state index contributed by atoms with van der Waals surface area (Å²) in [6, 6.07) is 0. The van der Waals surface area contributed by atoms with Crippen LogP contribution in [-0.4, -0.2) is 25.2 Å². The number of fused-ring (bicyclic) bond motifs is 5. The number of hydrogen-bond donors (Lipinski definition) is 0. The molecule has 0 amide bonds. The lowest BCUT2D eigenvalue weighted by molar-refractivity contribution is -0.174. The Kier molecular flexibility index (Phi) is 7.58. The number of allylic oxidation sites excluding steroid dienone is 3. The molecule has 3 saturated carbocycles. The number of methoxy groups -OCH3 is 1. The van der Waals surface area contributed by atoms with Crippen LogP contribution in [-0.2, 0) is 19.1 Å². The molecule has 0 unspecified atom stereocenters.